The van der Waals surface area contributed by atoms with Crippen molar-refractivity contribution in [2.24, 2.45) is 5.92 Å². The number of piperidine rings is 1. The second-order valence-electron chi connectivity index (χ2n) is 7.40. The van der Waals surface area contributed by atoms with Crippen LogP contribution in [0.1, 0.15) is 31.2 Å². The molecule has 2 aromatic rings. The van der Waals surface area contributed by atoms with Gasteiger partial charge in [0.25, 0.3) is 0 Å². The fraction of sp³-hybridized carbons (Fsp3) is 0.476. The lowest BCUT2D eigenvalue weighted by Crippen LogP contribution is -2.40. The highest BCUT2D eigenvalue weighted by atomic mass is 16.1. The van der Waals surface area contributed by atoms with Crippen molar-refractivity contribution in [3.63, 3.8) is 0 Å². The van der Waals surface area contributed by atoms with Crippen LogP contribution in [0.4, 0.5) is 11.6 Å². The number of aromatic nitrogens is 2. The van der Waals surface area contributed by atoms with E-state index in [4.69, 9.17) is 0 Å². The van der Waals surface area contributed by atoms with E-state index in [2.05, 4.69) is 25.1 Å². The van der Waals surface area contributed by atoms with Crippen molar-refractivity contribution in [1.82, 2.24) is 15.3 Å². The third-order valence-electron chi connectivity index (χ3n) is 5.55. The molecule has 2 aliphatic heterocycles. The third-order valence-corrected chi connectivity index (χ3v) is 5.55. The number of benzene rings is 1. The summed E-state index contributed by atoms with van der Waals surface area (Å²) < 4.78 is 0. The first kappa shape index (κ1) is 17.8. The summed E-state index contributed by atoms with van der Waals surface area (Å²) in [7, 11) is 0. The molecule has 1 N–H and O–H groups in total. The van der Waals surface area contributed by atoms with Crippen LogP contribution in [0.15, 0.2) is 42.7 Å². The van der Waals surface area contributed by atoms with Crippen LogP contribution in [0, 0.1) is 5.92 Å². The second kappa shape index (κ2) is 8.37. The van der Waals surface area contributed by atoms with E-state index < -0.39 is 0 Å². The molecule has 0 saturated carbocycles. The standard InChI is InChI=1S/C21H27N5O/c27-20(22-14-17-6-2-1-3-7-17)18-8-12-25(13-9-18)19-15-23-21(24-16-19)26-10-4-5-11-26/h1-3,6-7,15-16,18H,4-5,8-14H2,(H,22,27). The molecule has 3 heterocycles. The Bertz CT molecular complexity index is 735. The molecule has 27 heavy (non-hydrogen) atoms. The molecule has 0 atom stereocenters. The van der Waals surface area contributed by atoms with E-state index in [1.54, 1.807) is 0 Å². The van der Waals surface area contributed by atoms with Crippen LogP contribution in [0.2, 0.25) is 0 Å². The van der Waals surface area contributed by atoms with Crippen molar-refractivity contribution in [2.45, 2.75) is 32.2 Å². The van der Waals surface area contributed by atoms with Gasteiger partial charge in [-0.2, -0.15) is 0 Å². The highest BCUT2D eigenvalue weighted by Gasteiger charge is 2.25. The number of anilines is 2. The van der Waals surface area contributed by atoms with Crippen molar-refractivity contribution >= 4 is 17.5 Å². The van der Waals surface area contributed by atoms with Crippen molar-refractivity contribution in [2.75, 3.05) is 36.0 Å². The van der Waals surface area contributed by atoms with Gasteiger partial charge in [0.15, 0.2) is 0 Å². The van der Waals surface area contributed by atoms with E-state index in [0.29, 0.717) is 6.54 Å². The van der Waals surface area contributed by atoms with Crippen LogP contribution in [0.25, 0.3) is 0 Å². The average molecular weight is 365 g/mol. The number of amides is 1. The Morgan fingerprint density at radius 2 is 1.63 bits per heavy atom. The zero-order valence-corrected chi connectivity index (χ0v) is 15.7. The molecule has 0 radical (unpaired) electrons. The van der Waals surface area contributed by atoms with Gasteiger partial charge in [-0.1, -0.05) is 30.3 Å². The van der Waals surface area contributed by atoms with Gasteiger partial charge >= 0.3 is 0 Å². The smallest absolute Gasteiger partial charge is 0.225 e. The molecule has 2 saturated heterocycles. The van der Waals surface area contributed by atoms with Gasteiger partial charge in [-0.3, -0.25) is 4.79 Å². The Kier molecular flexibility index (Phi) is 5.51. The van der Waals surface area contributed by atoms with Crippen molar-refractivity contribution in [3.05, 3.63) is 48.3 Å². The molecule has 4 rings (SSSR count). The Morgan fingerprint density at radius 1 is 0.963 bits per heavy atom. The first-order valence-corrected chi connectivity index (χ1v) is 9.93. The van der Waals surface area contributed by atoms with Crippen LogP contribution in [0.3, 0.4) is 0 Å². The largest absolute Gasteiger partial charge is 0.369 e. The zero-order chi connectivity index (χ0) is 18.5. The first-order valence-electron chi connectivity index (χ1n) is 9.93. The highest BCUT2D eigenvalue weighted by Crippen LogP contribution is 2.24. The molecule has 0 bridgehead atoms. The van der Waals surface area contributed by atoms with E-state index in [-0.39, 0.29) is 11.8 Å². The lowest BCUT2D eigenvalue weighted by molar-refractivity contribution is -0.125. The Labute approximate surface area is 160 Å². The summed E-state index contributed by atoms with van der Waals surface area (Å²) in [4.78, 5) is 26.1. The average Bonchev–Trinajstić information content (AvgIpc) is 3.28. The molecule has 1 amide bonds. The number of rotatable bonds is 5. The first-order chi connectivity index (χ1) is 13.3. The summed E-state index contributed by atoms with van der Waals surface area (Å²) in [6.07, 6.45) is 8.05. The number of hydrogen-bond donors (Lipinski definition) is 1. The minimum atomic E-state index is 0.0924. The van der Waals surface area contributed by atoms with E-state index in [1.807, 2.05) is 42.7 Å². The van der Waals surface area contributed by atoms with Gasteiger partial charge in [-0.05, 0) is 31.2 Å². The number of carbonyl (C=O) groups excluding carboxylic acids is 1. The van der Waals surface area contributed by atoms with Crippen LogP contribution >= 0.6 is 0 Å². The molecular weight excluding hydrogens is 338 g/mol. The summed E-state index contributed by atoms with van der Waals surface area (Å²) in [5.41, 5.74) is 2.19. The minimum absolute atomic E-state index is 0.0924. The SMILES string of the molecule is O=C(NCc1ccccc1)C1CCN(c2cnc(N3CCCC3)nc2)CC1. The normalized spacial score (nSPS) is 17.9. The Balaban J connectivity index is 1.26. The van der Waals surface area contributed by atoms with Gasteiger partial charge in [0.2, 0.25) is 11.9 Å². The predicted molar refractivity (Wildman–Crippen MR) is 107 cm³/mol. The van der Waals surface area contributed by atoms with Gasteiger partial charge in [0.05, 0.1) is 18.1 Å². The van der Waals surface area contributed by atoms with Gasteiger partial charge < -0.3 is 15.1 Å². The molecule has 6 nitrogen and oxygen atoms in total. The number of hydrogen-bond acceptors (Lipinski definition) is 5. The third kappa shape index (κ3) is 4.38. The summed E-state index contributed by atoms with van der Waals surface area (Å²) >= 11 is 0. The molecule has 0 unspecified atom stereocenters. The monoisotopic (exact) mass is 365 g/mol. The van der Waals surface area contributed by atoms with E-state index in [0.717, 1.165) is 56.2 Å². The highest BCUT2D eigenvalue weighted by molar-refractivity contribution is 5.79. The molecular formula is C21H27N5O. The fourth-order valence-corrected chi connectivity index (χ4v) is 3.89. The molecule has 0 aliphatic carbocycles. The van der Waals surface area contributed by atoms with Gasteiger partial charge in [0, 0.05) is 38.6 Å². The van der Waals surface area contributed by atoms with E-state index >= 15 is 0 Å². The maximum Gasteiger partial charge on any atom is 0.225 e. The quantitative estimate of drug-likeness (QED) is 0.883. The fourth-order valence-electron chi connectivity index (χ4n) is 3.89. The Morgan fingerprint density at radius 3 is 2.30 bits per heavy atom. The maximum absolute atomic E-state index is 12.4. The molecule has 0 spiro atoms. The van der Waals surface area contributed by atoms with E-state index in [9.17, 15) is 4.79 Å². The summed E-state index contributed by atoms with van der Waals surface area (Å²) in [5.74, 6) is 1.10. The van der Waals surface area contributed by atoms with Crippen LogP contribution in [0.5, 0.6) is 0 Å². The predicted octanol–water partition coefficient (Wildman–Crippen LogP) is 2.61. The minimum Gasteiger partial charge on any atom is -0.369 e. The molecule has 142 valence electrons. The molecule has 6 heteroatoms. The van der Waals surface area contributed by atoms with Crippen molar-refractivity contribution in [1.29, 1.82) is 0 Å². The summed E-state index contributed by atoms with van der Waals surface area (Å²) in [6.45, 7) is 4.46. The number of nitrogens with one attached hydrogen (secondary N) is 1. The van der Waals surface area contributed by atoms with Gasteiger partial charge in [-0.25, -0.2) is 9.97 Å². The molecule has 1 aromatic heterocycles. The van der Waals surface area contributed by atoms with Crippen LogP contribution in [-0.2, 0) is 11.3 Å². The van der Waals surface area contributed by atoms with Crippen LogP contribution in [-0.4, -0.2) is 42.1 Å². The van der Waals surface area contributed by atoms with Crippen LogP contribution < -0.4 is 15.1 Å². The zero-order valence-electron chi connectivity index (χ0n) is 15.7. The summed E-state index contributed by atoms with van der Waals surface area (Å²) in [5, 5.41) is 3.07. The van der Waals surface area contributed by atoms with Gasteiger partial charge in [0.1, 0.15) is 0 Å². The number of nitrogens with zero attached hydrogens (tertiary/aromatic N) is 4. The van der Waals surface area contributed by atoms with Gasteiger partial charge in [-0.15, -0.1) is 0 Å². The molecule has 2 aliphatic rings. The van der Waals surface area contributed by atoms with Crippen molar-refractivity contribution < 1.29 is 4.79 Å². The maximum atomic E-state index is 12.4. The number of carbonyl (C=O) groups is 1. The second-order valence-corrected chi connectivity index (χ2v) is 7.40. The molecule has 1 aromatic carbocycles. The summed E-state index contributed by atoms with van der Waals surface area (Å²) in [6, 6.07) is 10.1. The topological polar surface area (TPSA) is 61.4 Å². The Hall–Kier alpha value is -2.63. The lowest BCUT2D eigenvalue weighted by atomic mass is 9.95. The molecule has 2 fully saturated rings. The van der Waals surface area contributed by atoms with E-state index in [1.165, 1.54) is 12.8 Å². The lowest BCUT2D eigenvalue weighted by Gasteiger charge is -2.32. The van der Waals surface area contributed by atoms with Crippen molar-refractivity contribution in [3.8, 4) is 0 Å².